The zero-order valence-corrected chi connectivity index (χ0v) is 13.7. The van der Waals surface area contributed by atoms with E-state index in [4.69, 9.17) is 23.3 Å². The van der Waals surface area contributed by atoms with Gasteiger partial charge < -0.3 is 10.4 Å². The van der Waals surface area contributed by atoms with Gasteiger partial charge in [0.1, 0.15) is 17.2 Å². The van der Waals surface area contributed by atoms with Crippen LogP contribution in [0.15, 0.2) is 23.1 Å². The van der Waals surface area contributed by atoms with Crippen molar-refractivity contribution in [3.05, 3.63) is 56.6 Å². The fraction of sp³-hybridized carbons (Fsp3) is 0.143. The number of hydrazine groups is 1. The van der Waals surface area contributed by atoms with Gasteiger partial charge in [-0.15, -0.1) is 10.2 Å². The van der Waals surface area contributed by atoms with Crippen LogP contribution in [0.4, 0.5) is 4.39 Å². The summed E-state index contributed by atoms with van der Waals surface area (Å²) in [6, 6.07) is 2.27. The van der Waals surface area contributed by atoms with Crippen LogP contribution in [-0.4, -0.2) is 25.3 Å². The molecule has 25 heavy (non-hydrogen) atoms. The van der Waals surface area contributed by atoms with Crippen molar-refractivity contribution in [1.82, 2.24) is 24.9 Å². The van der Waals surface area contributed by atoms with E-state index in [2.05, 4.69) is 10.2 Å². The maximum Gasteiger partial charge on any atom is 0.270 e. The van der Waals surface area contributed by atoms with E-state index in [9.17, 15) is 14.0 Å². The van der Waals surface area contributed by atoms with Gasteiger partial charge in [-0.3, -0.25) is 15.0 Å². The zero-order valence-electron chi connectivity index (χ0n) is 13.0. The van der Waals surface area contributed by atoms with Crippen molar-refractivity contribution >= 4 is 28.4 Å². The van der Waals surface area contributed by atoms with Gasteiger partial charge in [-0.05, 0) is 19.1 Å². The molecule has 9 nitrogen and oxygen atoms in total. The molecule has 130 valence electrons. The molecule has 3 aromatic rings. The Balaban J connectivity index is 2.30. The first-order valence-corrected chi connectivity index (χ1v) is 7.40. The number of aryl methyl sites for hydroxylation is 1. The Morgan fingerprint density at radius 2 is 2.12 bits per heavy atom. The van der Waals surface area contributed by atoms with E-state index in [1.807, 2.05) is 5.43 Å². The van der Waals surface area contributed by atoms with E-state index in [0.717, 1.165) is 6.07 Å². The average Bonchev–Trinajstić information content (AvgIpc) is 2.90. The number of hydrogen-bond donors (Lipinski definition) is 3. The number of halogens is 2. The molecule has 0 saturated carbocycles. The number of benzene rings is 1. The molecule has 0 atom stereocenters. The maximum atomic E-state index is 13.8. The molecule has 0 radical (unpaired) electrons. The van der Waals surface area contributed by atoms with Gasteiger partial charge in [0, 0.05) is 11.6 Å². The van der Waals surface area contributed by atoms with Crippen LogP contribution in [0.1, 0.15) is 22.0 Å². The number of nitrogen functional groups attached to an aromatic ring is 2. The van der Waals surface area contributed by atoms with Crippen molar-refractivity contribution < 1.29 is 9.18 Å². The van der Waals surface area contributed by atoms with Gasteiger partial charge in [0.05, 0.1) is 17.1 Å². The van der Waals surface area contributed by atoms with Gasteiger partial charge in [-0.2, -0.15) is 0 Å². The number of fused-ring (bicyclic) bond motifs is 1. The summed E-state index contributed by atoms with van der Waals surface area (Å²) in [7, 11) is 0. The molecule has 0 aliphatic rings. The summed E-state index contributed by atoms with van der Waals surface area (Å²) in [5, 5.41) is 7.58. The summed E-state index contributed by atoms with van der Waals surface area (Å²) < 4.78 is 16.6. The second-order valence-corrected chi connectivity index (χ2v) is 5.70. The van der Waals surface area contributed by atoms with Crippen LogP contribution >= 0.6 is 11.6 Å². The zero-order chi connectivity index (χ0) is 18.3. The summed E-state index contributed by atoms with van der Waals surface area (Å²) in [5.74, 6) is 10.2. The predicted octanol–water partition coefficient (Wildman–Crippen LogP) is 0.0595. The fourth-order valence-corrected chi connectivity index (χ4v) is 2.59. The highest BCUT2D eigenvalue weighted by Crippen LogP contribution is 2.22. The third-order valence-corrected chi connectivity index (χ3v) is 4.04. The van der Waals surface area contributed by atoms with Crippen LogP contribution in [0.3, 0.4) is 0 Å². The number of rotatable bonds is 3. The van der Waals surface area contributed by atoms with Gasteiger partial charge in [-0.1, -0.05) is 11.6 Å². The van der Waals surface area contributed by atoms with Crippen LogP contribution < -0.4 is 22.5 Å². The Morgan fingerprint density at radius 1 is 1.40 bits per heavy atom. The highest BCUT2D eigenvalue weighted by molar-refractivity contribution is 6.31. The summed E-state index contributed by atoms with van der Waals surface area (Å²) in [6.45, 7) is 1.74. The maximum absolute atomic E-state index is 13.8. The number of nitrogens with zero attached hydrogens (tertiary/aromatic N) is 4. The van der Waals surface area contributed by atoms with E-state index in [1.165, 1.54) is 21.5 Å². The van der Waals surface area contributed by atoms with Gasteiger partial charge in [-0.25, -0.2) is 14.9 Å². The van der Waals surface area contributed by atoms with Crippen LogP contribution in [0.5, 0.6) is 0 Å². The lowest BCUT2D eigenvalue weighted by atomic mass is 10.1. The van der Waals surface area contributed by atoms with E-state index >= 15 is 0 Å². The fourth-order valence-electron chi connectivity index (χ4n) is 2.43. The molecule has 5 N–H and O–H groups in total. The number of carbonyl (C=O) groups is 1. The summed E-state index contributed by atoms with van der Waals surface area (Å²) in [6.07, 6.45) is 1.28. The molecule has 0 saturated heterocycles. The summed E-state index contributed by atoms with van der Waals surface area (Å²) >= 11 is 5.83. The molecule has 0 unspecified atom stereocenters. The largest absolute Gasteiger partial charge is 0.339 e. The number of amides is 1. The minimum atomic E-state index is -0.804. The molecular formula is C14H13ClFN7O2. The molecule has 0 aliphatic heterocycles. The SMILES string of the molecule is Cc1nnc(Cn2cc(C(=O)NN)c(=O)c3cc(F)c(Cl)cc32)n1N. The van der Waals surface area contributed by atoms with Gasteiger partial charge >= 0.3 is 0 Å². The lowest BCUT2D eigenvalue weighted by Gasteiger charge is -2.13. The number of hydrogen-bond acceptors (Lipinski definition) is 6. The van der Waals surface area contributed by atoms with Gasteiger partial charge in [0.2, 0.25) is 5.43 Å². The van der Waals surface area contributed by atoms with Gasteiger partial charge in [0.15, 0.2) is 5.82 Å². The molecule has 3 rings (SSSR count). The van der Waals surface area contributed by atoms with E-state index in [-0.39, 0.29) is 22.5 Å². The standard InChI is InChI=1S/C14H13ClFN7O2/c1-6-20-21-12(23(6)18)5-22-4-8(14(25)19-17)13(24)7-2-10(16)9(15)3-11(7)22/h2-4H,5,17-18H2,1H3,(H,19,25). The third kappa shape index (κ3) is 2.81. The number of nitrogens with one attached hydrogen (secondary N) is 1. The van der Waals surface area contributed by atoms with Crippen molar-refractivity contribution in [3.8, 4) is 0 Å². The Labute approximate surface area is 144 Å². The van der Waals surface area contributed by atoms with Crippen LogP contribution in [0.25, 0.3) is 10.9 Å². The van der Waals surface area contributed by atoms with Crippen LogP contribution in [-0.2, 0) is 6.54 Å². The monoisotopic (exact) mass is 365 g/mol. The minimum Gasteiger partial charge on any atom is -0.339 e. The second kappa shape index (κ2) is 6.15. The lowest BCUT2D eigenvalue weighted by Crippen LogP contribution is -2.34. The van der Waals surface area contributed by atoms with Crippen molar-refractivity contribution in [1.29, 1.82) is 0 Å². The molecule has 0 aliphatic carbocycles. The highest BCUT2D eigenvalue weighted by atomic mass is 35.5. The molecule has 11 heteroatoms. The molecular weight excluding hydrogens is 353 g/mol. The minimum absolute atomic E-state index is 0.0252. The van der Waals surface area contributed by atoms with Gasteiger partial charge in [0.25, 0.3) is 5.91 Å². The number of pyridine rings is 1. The smallest absolute Gasteiger partial charge is 0.270 e. The van der Waals surface area contributed by atoms with Crippen molar-refractivity contribution in [2.24, 2.45) is 5.84 Å². The van der Waals surface area contributed by atoms with Crippen LogP contribution in [0, 0.1) is 12.7 Å². The van der Waals surface area contributed by atoms with Crippen molar-refractivity contribution in [2.75, 3.05) is 5.84 Å². The Hall–Kier alpha value is -2.98. The number of aromatic nitrogens is 4. The van der Waals surface area contributed by atoms with E-state index in [1.54, 1.807) is 6.92 Å². The molecule has 0 fully saturated rings. The first kappa shape index (κ1) is 16.9. The first-order valence-electron chi connectivity index (χ1n) is 7.02. The third-order valence-electron chi connectivity index (χ3n) is 3.75. The quantitative estimate of drug-likeness (QED) is 0.341. The number of carbonyl (C=O) groups excluding carboxylic acids is 1. The summed E-state index contributed by atoms with van der Waals surface area (Å²) in [4.78, 5) is 24.3. The summed E-state index contributed by atoms with van der Waals surface area (Å²) in [5.41, 5.74) is 1.28. The average molecular weight is 366 g/mol. The lowest BCUT2D eigenvalue weighted by molar-refractivity contribution is 0.0952. The second-order valence-electron chi connectivity index (χ2n) is 5.29. The predicted molar refractivity (Wildman–Crippen MR) is 88.8 cm³/mol. The first-order chi connectivity index (χ1) is 11.8. The molecule has 2 heterocycles. The molecule has 2 aromatic heterocycles. The molecule has 1 aromatic carbocycles. The van der Waals surface area contributed by atoms with E-state index in [0.29, 0.717) is 17.2 Å². The molecule has 0 spiro atoms. The molecule has 0 bridgehead atoms. The Morgan fingerprint density at radius 3 is 2.72 bits per heavy atom. The van der Waals surface area contributed by atoms with Crippen LogP contribution in [0.2, 0.25) is 5.02 Å². The Bertz CT molecular complexity index is 1060. The van der Waals surface area contributed by atoms with Crippen molar-refractivity contribution in [3.63, 3.8) is 0 Å². The normalized spacial score (nSPS) is 11.0. The number of nitrogens with two attached hydrogens (primary N) is 2. The van der Waals surface area contributed by atoms with E-state index < -0.39 is 17.2 Å². The Kier molecular flexibility index (Phi) is 4.15. The molecule has 1 amide bonds. The van der Waals surface area contributed by atoms with Crippen molar-refractivity contribution in [2.45, 2.75) is 13.5 Å². The highest BCUT2D eigenvalue weighted by Gasteiger charge is 2.18. The topological polar surface area (TPSA) is 134 Å².